The summed E-state index contributed by atoms with van der Waals surface area (Å²) in [6.45, 7) is 3.76. The van der Waals surface area contributed by atoms with Gasteiger partial charge in [0.15, 0.2) is 0 Å². The Morgan fingerprint density at radius 3 is 2.56 bits per heavy atom. The molecule has 0 aromatic heterocycles. The van der Waals surface area contributed by atoms with Crippen LogP contribution in [0.2, 0.25) is 0 Å². The molecule has 4 heteroatoms. The molecule has 1 N–H and O–H groups in total. The maximum Gasteiger partial charge on any atom is 0.229 e. The molecule has 4 nitrogen and oxygen atoms in total. The molecule has 1 saturated carbocycles. The van der Waals surface area contributed by atoms with Crippen LogP contribution in [0.15, 0.2) is 0 Å². The molecule has 2 fully saturated rings. The smallest absolute Gasteiger partial charge is 0.229 e. The van der Waals surface area contributed by atoms with Gasteiger partial charge in [0.1, 0.15) is 0 Å². The van der Waals surface area contributed by atoms with Gasteiger partial charge in [-0.15, -0.1) is 0 Å². The fourth-order valence-corrected chi connectivity index (χ4v) is 3.26. The van der Waals surface area contributed by atoms with Gasteiger partial charge in [0.2, 0.25) is 11.8 Å². The number of amides is 2. The van der Waals surface area contributed by atoms with E-state index in [0.717, 1.165) is 19.4 Å². The van der Waals surface area contributed by atoms with E-state index in [1.165, 1.54) is 24.2 Å². The molecular weight excluding hydrogens is 228 g/mol. The number of carbonyl (C=O) groups excluding carboxylic acids is 2. The Labute approximate surface area is 109 Å². The Bertz CT molecular complexity index is 301. The molecule has 2 amide bonds. The fraction of sp³-hybridized carbons (Fsp3) is 0.857. The van der Waals surface area contributed by atoms with Crippen molar-refractivity contribution < 1.29 is 9.59 Å². The highest BCUT2D eigenvalue weighted by atomic mass is 16.2. The third kappa shape index (κ3) is 3.10. The maximum absolute atomic E-state index is 11.7. The largest absolute Gasteiger partial charge is 0.314 e. The minimum atomic E-state index is 0.0317. The van der Waals surface area contributed by atoms with Crippen molar-refractivity contribution in [2.75, 3.05) is 13.1 Å². The van der Waals surface area contributed by atoms with Crippen LogP contribution in [-0.2, 0) is 9.59 Å². The molecule has 18 heavy (non-hydrogen) atoms. The Balaban J connectivity index is 1.82. The summed E-state index contributed by atoms with van der Waals surface area (Å²) >= 11 is 0. The minimum Gasteiger partial charge on any atom is -0.314 e. The first-order valence-corrected chi connectivity index (χ1v) is 7.29. The fourth-order valence-electron chi connectivity index (χ4n) is 3.26. The number of piperidine rings is 1. The van der Waals surface area contributed by atoms with Crippen LogP contribution in [0.25, 0.3) is 0 Å². The lowest BCUT2D eigenvalue weighted by Gasteiger charge is -2.27. The van der Waals surface area contributed by atoms with Crippen LogP contribution in [0, 0.1) is 5.92 Å². The summed E-state index contributed by atoms with van der Waals surface area (Å²) in [4.78, 5) is 24.9. The topological polar surface area (TPSA) is 49.4 Å². The summed E-state index contributed by atoms with van der Waals surface area (Å²) in [6, 6.07) is 0.588. The number of nitrogens with one attached hydrogen (secondary N) is 1. The summed E-state index contributed by atoms with van der Waals surface area (Å²) in [6.07, 6.45) is 6.53. The molecule has 0 aromatic rings. The Hall–Kier alpha value is -0.900. The van der Waals surface area contributed by atoms with E-state index < -0.39 is 0 Å². The van der Waals surface area contributed by atoms with E-state index in [-0.39, 0.29) is 11.8 Å². The molecule has 0 radical (unpaired) electrons. The van der Waals surface area contributed by atoms with Crippen LogP contribution in [-0.4, -0.2) is 35.8 Å². The predicted molar refractivity (Wildman–Crippen MR) is 70.0 cm³/mol. The third-order valence-electron chi connectivity index (χ3n) is 4.23. The predicted octanol–water partition coefficient (Wildman–Crippen LogP) is 1.69. The summed E-state index contributed by atoms with van der Waals surface area (Å²) in [5.41, 5.74) is 0. The van der Waals surface area contributed by atoms with E-state index in [0.29, 0.717) is 31.3 Å². The molecule has 0 bridgehead atoms. The monoisotopic (exact) mass is 252 g/mol. The van der Waals surface area contributed by atoms with E-state index in [9.17, 15) is 9.59 Å². The highest BCUT2D eigenvalue weighted by Gasteiger charge is 2.30. The normalized spacial score (nSPS) is 29.1. The molecule has 1 aliphatic heterocycles. The first kappa shape index (κ1) is 13.5. The molecule has 2 atom stereocenters. The summed E-state index contributed by atoms with van der Waals surface area (Å²) < 4.78 is 0. The second-order valence-corrected chi connectivity index (χ2v) is 5.44. The van der Waals surface area contributed by atoms with Crippen molar-refractivity contribution >= 4 is 11.8 Å². The van der Waals surface area contributed by atoms with Gasteiger partial charge >= 0.3 is 0 Å². The van der Waals surface area contributed by atoms with Crippen molar-refractivity contribution in [3.05, 3.63) is 0 Å². The molecule has 2 rings (SSSR count). The van der Waals surface area contributed by atoms with E-state index in [2.05, 4.69) is 12.2 Å². The SMILES string of the molecule is CCNC1CCCC1CCN1C(=O)CCCC1=O. The molecule has 2 aliphatic rings. The third-order valence-corrected chi connectivity index (χ3v) is 4.23. The number of imide groups is 1. The van der Waals surface area contributed by atoms with Gasteiger partial charge < -0.3 is 5.32 Å². The molecule has 1 saturated heterocycles. The van der Waals surface area contributed by atoms with Crippen molar-refractivity contribution in [3.8, 4) is 0 Å². The molecule has 2 unspecified atom stereocenters. The number of hydrogen-bond acceptors (Lipinski definition) is 3. The molecule has 1 heterocycles. The first-order valence-electron chi connectivity index (χ1n) is 7.29. The van der Waals surface area contributed by atoms with Crippen molar-refractivity contribution in [1.29, 1.82) is 0 Å². The van der Waals surface area contributed by atoms with Gasteiger partial charge in [-0.25, -0.2) is 0 Å². The van der Waals surface area contributed by atoms with Crippen LogP contribution in [0.1, 0.15) is 51.9 Å². The second kappa shape index (κ2) is 6.32. The second-order valence-electron chi connectivity index (χ2n) is 5.44. The number of nitrogens with zero attached hydrogens (tertiary/aromatic N) is 1. The average molecular weight is 252 g/mol. The Kier molecular flexibility index (Phi) is 4.75. The van der Waals surface area contributed by atoms with Crippen LogP contribution in [0.3, 0.4) is 0 Å². The van der Waals surface area contributed by atoms with Crippen molar-refractivity contribution in [2.45, 2.75) is 57.9 Å². The summed E-state index contributed by atoms with van der Waals surface area (Å²) in [5.74, 6) is 0.695. The zero-order chi connectivity index (χ0) is 13.0. The first-order chi connectivity index (χ1) is 8.72. The zero-order valence-electron chi connectivity index (χ0n) is 11.3. The highest BCUT2D eigenvalue weighted by Crippen LogP contribution is 2.29. The van der Waals surface area contributed by atoms with Gasteiger partial charge in [-0.2, -0.15) is 0 Å². The average Bonchev–Trinajstić information content (AvgIpc) is 2.77. The van der Waals surface area contributed by atoms with Gasteiger partial charge in [-0.1, -0.05) is 13.3 Å². The summed E-state index contributed by atoms with van der Waals surface area (Å²) in [5, 5.41) is 3.52. The molecule has 0 aromatic carbocycles. The number of likely N-dealkylation sites (tertiary alicyclic amines) is 1. The lowest BCUT2D eigenvalue weighted by Crippen LogP contribution is -2.42. The molecule has 0 spiro atoms. The van der Waals surface area contributed by atoms with E-state index >= 15 is 0 Å². The lowest BCUT2D eigenvalue weighted by molar-refractivity contribution is -0.148. The van der Waals surface area contributed by atoms with E-state index in [1.54, 1.807) is 0 Å². The quantitative estimate of drug-likeness (QED) is 0.758. The van der Waals surface area contributed by atoms with Gasteiger partial charge in [0.05, 0.1) is 0 Å². The van der Waals surface area contributed by atoms with Gasteiger partial charge in [-0.05, 0) is 38.1 Å². The van der Waals surface area contributed by atoms with Crippen molar-refractivity contribution in [1.82, 2.24) is 10.2 Å². The number of carbonyl (C=O) groups is 2. The maximum atomic E-state index is 11.7. The van der Waals surface area contributed by atoms with Gasteiger partial charge in [-0.3, -0.25) is 14.5 Å². The van der Waals surface area contributed by atoms with Crippen LogP contribution < -0.4 is 5.32 Å². The van der Waals surface area contributed by atoms with Crippen LogP contribution in [0.5, 0.6) is 0 Å². The Morgan fingerprint density at radius 1 is 1.17 bits per heavy atom. The zero-order valence-corrected chi connectivity index (χ0v) is 11.3. The van der Waals surface area contributed by atoms with Crippen LogP contribution in [0.4, 0.5) is 0 Å². The van der Waals surface area contributed by atoms with Crippen molar-refractivity contribution in [2.24, 2.45) is 5.92 Å². The van der Waals surface area contributed by atoms with Crippen molar-refractivity contribution in [3.63, 3.8) is 0 Å². The van der Waals surface area contributed by atoms with Gasteiger partial charge in [0.25, 0.3) is 0 Å². The van der Waals surface area contributed by atoms with Crippen LogP contribution >= 0.6 is 0 Å². The standard InChI is InChI=1S/C14H24N2O2/c1-2-15-12-6-3-5-11(12)9-10-16-13(17)7-4-8-14(16)18/h11-12,15H,2-10H2,1H3. The number of hydrogen-bond donors (Lipinski definition) is 1. The van der Waals surface area contributed by atoms with Gasteiger partial charge in [0, 0.05) is 25.4 Å². The lowest BCUT2D eigenvalue weighted by atomic mass is 9.98. The Morgan fingerprint density at radius 2 is 1.89 bits per heavy atom. The number of rotatable bonds is 5. The summed E-state index contributed by atoms with van der Waals surface area (Å²) in [7, 11) is 0. The highest BCUT2D eigenvalue weighted by molar-refractivity contribution is 5.97. The van der Waals surface area contributed by atoms with E-state index in [4.69, 9.17) is 0 Å². The van der Waals surface area contributed by atoms with E-state index in [1.807, 2.05) is 0 Å². The minimum absolute atomic E-state index is 0.0317. The molecule has 102 valence electrons. The molecule has 1 aliphatic carbocycles. The molecular formula is C14H24N2O2.